The van der Waals surface area contributed by atoms with E-state index >= 15 is 0 Å². The molecule has 3 aliphatic heterocycles. The van der Waals surface area contributed by atoms with Crippen LogP contribution >= 0.6 is 0 Å². The van der Waals surface area contributed by atoms with Gasteiger partial charge in [-0.05, 0) is 38.8 Å². The number of nitrogens with one attached hydrogen (secondary N) is 1. The van der Waals surface area contributed by atoms with Gasteiger partial charge in [0.15, 0.2) is 22.7 Å². The van der Waals surface area contributed by atoms with Gasteiger partial charge in [-0.2, -0.15) is 5.10 Å². The predicted octanol–water partition coefficient (Wildman–Crippen LogP) is 3.21. The zero-order valence-electron chi connectivity index (χ0n) is 20.2. The van der Waals surface area contributed by atoms with Crippen LogP contribution in [0.1, 0.15) is 26.7 Å². The Labute approximate surface area is 204 Å². The van der Waals surface area contributed by atoms with E-state index in [1.807, 2.05) is 24.4 Å². The van der Waals surface area contributed by atoms with E-state index in [4.69, 9.17) is 27.0 Å². The number of nitrogens with two attached hydrogens (primary N) is 1. The summed E-state index contributed by atoms with van der Waals surface area (Å²) in [5.74, 6) is 1.63. The Bertz CT molecular complexity index is 1290. The number of anilines is 4. The maximum Gasteiger partial charge on any atom is 0.189 e. The summed E-state index contributed by atoms with van der Waals surface area (Å²) in [6, 6.07) is 5.92. The molecule has 10 heteroatoms. The van der Waals surface area contributed by atoms with Crippen molar-refractivity contribution < 1.29 is 4.74 Å². The van der Waals surface area contributed by atoms with Gasteiger partial charge in [0.1, 0.15) is 5.82 Å². The first kappa shape index (κ1) is 22.1. The number of rotatable bonds is 3. The van der Waals surface area contributed by atoms with Gasteiger partial charge >= 0.3 is 0 Å². The molecule has 1 aromatic carbocycles. The molecule has 2 atom stereocenters. The van der Waals surface area contributed by atoms with Crippen LogP contribution in [0.3, 0.4) is 0 Å². The molecular weight excluding hydrogens is 442 g/mol. The van der Waals surface area contributed by atoms with Gasteiger partial charge < -0.3 is 25.2 Å². The Kier molecular flexibility index (Phi) is 5.27. The summed E-state index contributed by atoms with van der Waals surface area (Å²) in [4.78, 5) is 20.1. The number of likely N-dealkylation sites (N-methyl/N-ethyl adjacent to an activating group) is 1. The summed E-state index contributed by atoms with van der Waals surface area (Å²) in [6.45, 7) is 16.7. The molecule has 3 aliphatic rings. The topological polar surface area (TPSA) is 104 Å². The highest BCUT2D eigenvalue weighted by Crippen LogP contribution is 2.43. The van der Waals surface area contributed by atoms with Gasteiger partial charge in [0.2, 0.25) is 0 Å². The van der Waals surface area contributed by atoms with E-state index in [2.05, 4.69) is 43.6 Å². The second kappa shape index (κ2) is 8.36. The molecule has 6 rings (SSSR count). The van der Waals surface area contributed by atoms with E-state index in [-0.39, 0.29) is 17.6 Å². The number of benzene rings is 1. The molecule has 3 aromatic rings. The van der Waals surface area contributed by atoms with E-state index in [0.29, 0.717) is 11.3 Å². The van der Waals surface area contributed by atoms with Gasteiger partial charge in [0.25, 0.3) is 0 Å². The van der Waals surface area contributed by atoms with Crippen LogP contribution in [0, 0.1) is 12.0 Å². The van der Waals surface area contributed by atoms with Gasteiger partial charge in [-0.15, -0.1) is 0 Å². The monoisotopic (exact) mass is 473 g/mol. The highest BCUT2D eigenvalue weighted by molar-refractivity contribution is 5.91. The minimum atomic E-state index is 0.0791. The lowest BCUT2D eigenvalue weighted by Crippen LogP contribution is -2.50. The van der Waals surface area contributed by atoms with Crippen molar-refractivity contribution in [1.29, 1.82) is 0 Å². The zero-order valence-corrected chi connectivity index (χ0v) is 20.2. The molecule has 2 aromatic heterocycles. The van der Waals surface area contributed by atoms with Crippen LogP contribution in [0.5, 0.6) is 0 Å². The number of aromatic amines is 1. The highest BCUT2D eigenvalue weighted by atomic mass is 16.5. The quantitative estimate of drug-likeness (QED) is 0.559. The third kappa shape index (κ3) is 3.49. The highest BCUT2D eigenvalue weighted by Gasteiger charge is 2.47. The lowest BCUT2D eigenvalue weighted by atomic mass is 9.73. The van der Waals surface area contributed by atoms with Crippen LogP contribution in [0.2, 0.25) is 0 Å². The Hall–Kier alpha value is -3.42. The standard InChI is InChI=1S/C25H31N9O/c1-4-32-11-12-34(18-6-5-17(27-3)13-19(18)32)24-21-23(30-31-24)29-20(14-28-21)33-9-7-25(8-10-33)15-35-16(2)22(25)26/h5-6,13-14,16,22H,4,7-12,15,26H2,1-2H3,(H,29,30,31)/t16-,22+/m0/s1. The third-order valence-electron chi connectivity index (χ3n) is 8.12. The molecule has 1 spiro atoms. The summed E-state index contributed by atoms with van der Waals surface area (Å²) >= 11 is 0. The molecule has 35 heavy (non-hydrogen) atoms. The van der Waals surface area contributed by atoms with E-state index in [1.165, 1.54) is 0 Å². The summed E-state index contributed by atoms with van der Waals surface area (Å²) in [6.07, 6.45) is 3.98. The lowest BCUT2D eigenvalue weighted by molar-refractivity contribution is 0.0974. The van der Waals surface area contributed by atoms with Crippen LogP contribution < -0.4 is 20.4 Å². The van der Waals surface area contributed by atoms with Crippen LogP contribution in [0.25, 0.3) is 16.0 Å². The maximum absolute atomic E-state index is 7.39. The van der Waals surface area contributed by atoms with Gasteiger partial charge in [-0.3, -0.25) is 5.10 Å². The fourth-order valence-electron chi connectivity index (χ4n) is 5.85. The number of aromatic nitrogens is 4. The molecule has 0 bridgehead atoms. The Morgan fingerprint density at radius 2 is 2.06 bits per heavy atom. The van der Waals surface area contributed by atoms with Crippen molar-refractivity contribution in [2.75, 3.05) is 54.0 Å². The van der Waals surface area contributed by atoms with Crippen LogP contribution in [0.15, 0.2) is 24.4 Å². The van der Waals surface area contributed by atoms with E-state index in [0.717, 1.165) is 80.7 Å². The number of H-pyrrole nitrogens is 1. The van der Waals surface area contributed by atoms with Crippen molar-refractivity contribution in [3.05, 3.63) is 35.8 Å². The molecule has 3 N–H and O–H groups in total. The molecular formula is C25H31N9O. The fraction of sp³-hybridized carbons (Fsp3) is 0.520. The third-order valence-corrected chi connectivity index (χ3v) is 8.12. The second-order valence-corrected chi connectivity index (χ2v) is 9.88. The molecule has 0 saturated carbocycles. The summed E-state index contributed by atoms with van der Waals surface area (Å²) in [5.41, 5.74) is 10.7. The smallest absolute Gasteiger partial charge is 0.189 e. The molecule has 0 amide bonds. The number of fused-ring (bicyclic) bond motifs is 2. The van der Waals surface area contributed by atoms with Crippen LogP contribution in [-0.2, 0) is 4.74 Å². The van der Waals surface area contributed by atoms with Gasteiger partial charge in [-0.1, -0.05) is 6.07 Å². The van der Waals surface area contributed by atoms with Crippen molar-refractivity contribution >= 4 is 39.9 Å². The van der Waals surface area contributed by atoms with E-state index < -0.39 is 0 Å². The molecule has 0 aliphatic carbocycles. The minimum Gasteiger partial charge on any atom is -0.376 e. The average Bonchev–Trinajstić information content (AvgIpc) is 3.44. The average molecular weight is 474 g/mol. The van der Waals surface area contributed by atoms with Crippen molar-refractivity contribution in [2.24, 2.45) is 11.1 Å². The molecule has 10 nitrogen and oxygen atoms in total. The summed E-state index contributed by atoms with van der Waals surface area (Å²) < 4.78 is 5.86. The molecule has 0 radical (unpaired) electrons. The summed E-state index contributed by atoms with van der Waals surface area (Å²) in [5, 5.41) is 7.73. The number of ether oxygens (including phenoxy) is 1. The van der Waals surface area contributed by atoms with Crippen molar-refractivity contribution in [3.8, 4) is 0 Å². The maximum atomic E-state index is 7.39. The molecule has 0 unspecified atom stereocenters. The SMILES string of the molecule is [C-]#[N+]c1ccc2c(c1)N(CC)CCN2c1n[nH]c2nc(N3CCC4(CC3)CO[C@@H](C)[C@H]4N)cnc12. The van der Waals surface area contributed by atoms with Gasteiger partial charge in [0.05, 0.1) is 36.9 Å². The second-order valence-electron chi connectivity index (χ2n) is 9.88. The molecule has 182 valence electrons. The number of piperidine rings is 1. The van der Waals surface area contributed by atoms with E-state index in [9.17, 15) is 0 Å². The molecule has 2 fully saturated rings. The van der Waals surface area contributed by atoms with Crippen molar-refractivity contribution in [1.82, 2.24) is 20.2 Å². The minimum absolute atomic E-state index is 0.0791. The predicted molar refractivity (Wildman–Crippen MR) is 137 cm³/mol. The largest absolute Gasteiger partial charge is 0.376 e. The fourth-order valence-corrected chi connectivity index (χ4v) is 5.85. The molecule has 2 saturated heterocycles. The number of hydrogen-bond donors (Lipinski definition) is 2. The first-order valence-electron chi connectivity index (χ1n) is 12.4. The van der Waals surface area contributed by atoms with Gasteiger partial charge in [0, 0.05) is 44.2 Å². The Morgan fingerprint density at radius 3 is 2.77 bits per heavy atom. The van der Waals surface area contributed by atoms with Crippen molar-refractivity contribution in [2.45, 2.75) is 38.8 Å². The normalized spacial score (nSPS) is 23.7. The first-order chi connectivity index (χ1) is 17.0. The Morgan fingerprint density at radius 1 is 1.23 bits per heavy atom. The van der Waals surface area contributed by atoms with Crippen molar-refractivity contribution in [3.63, 3.8) is 0 Å². The van der Waals surface area contributed by atoms with E-state index in [1.54, 1.807) is 0 Å². The number of nitrogens with zero attached hydrogens (tertiary/aromatic N) is 7. The molecule has 5 heterocycles. The van der Waals surface area contributed by atoms with Crippen LogP contribution in [-0.4, -0.2) is 71.6 Å². The number of hydrogen-bond acceptors (Lipinski definition) is 8. The Balaban J connectivity index is 1.26. The van der Waals surface area contributed by atoms with Crippen LogP contribution in [0.4, 0.5) is 28.7 Å². The zero-order chi connectivity index (χ0) is 24.2. The summed E-state index contributed by atoms with van der Waals surface area (Å²) in [7, 11) is 0. The van der Waals surface area contributed by atoms with Gasteiger partial charge in [-0.25, -0.2) is 14.8 Å². The first-order valence-corrected chi connectivity index (χ1v) is 12.4. The lowest BCUT2D eigenvalue weighted by Gasteiger charge is -2.41.